The molecule has 0 bridgehead atoms. The van der Waals surface area contributed by atoms with Gasteiger partial charge in [0.1, 0.15) is 6.07 Å². The van der Waals surface area contributed by atoms with Gasteiger partial charge in [-0.25, -0.2) is 8.42 Å². The van der Waals surface area contributed by atoms with Crippen LogP contribution in [0.15, 0.2) is 29.2 Å². The van der Waals surface area contributed by atoms with E-state index in [0.29, 0.717) is 0 Å². The van der Waals surface area contributed by atoms with E-state index in [1.54, 1.807) is 25.1 Å². The molecule has 0 aliphatic carbocycles. The first kappa shape index (κ1) is 12.7. The van der Waals surface area contributed by atoms with Crippen LogP contribution in [0.5, 0.6) is 0 Å². The minimum atomic E-state index is -3.74. The van der Waals surface area contributed by atoms with Gasteiger partial charge in [-0.1, -0.05) is 12.1 Å². The number of hydrogen-bond donors (Lipinski definition) is 0. The van der Waals surface area contributed by atoms with Gasteiger partial charge in [-0.05, 0) is 56.5 Å². The van der Waals surface area contributed by atoms with Crippen LogP contribution >= 0.6 is 31.9 Å². The van der Waals surface area contributed by atoms with Crippen LogP contribution in [0, 0.1) is 18.3 Å². The molecule has 3 nitrogen and oxygen atoms in total. The predicted octanol–water partition coefficient (Wildman–Crippen LogP) is 2.74. The van der Waals surface area contributed by atoms with E-state index < -0.39 is 12.4 Å². The van der Waals surface area contributed by atoms with Gasteiger partial charge < -0.3 is 0 Å². The molecule has 6 heteroatoms. The van der Waals surface area contributed by atoms with Gasteiger partial charge in [0.2, 0.25) is 9.84 Å². The number of alkyl halides is 2. The Morgan fingerprint density at radius 3 is 2.47 bits per heavy atom. The summed E-state index contributed by atoms with van der Waals surface area (Å²) in [6, 6.07) is 8.04. The maximum atomic E-state index is 11.9. The molecule has 80 valence electrons. The summed E-state index contributed by atoms with van der Waals surface area (Å²) < 4.78 is 22.1. The summed E-state index contributed by atoms with van der Waals surface area (Å²) in [5.41, 5.74) is 0.824. The van der Waals surface area contributed by atoms with Crippen molar-refractivity contribution in [2.75, 3.05) is 0 Å². The third kappa shape index (κ3) is 2.41. The van der Waals surface area contributed by atoms with Crippen LogP contribution < -0.4 is 0 Å². The molecule has 0 aliphatic rings. The third-order valence-corrected chi connectivity index (χ3v) is 6.32. The zero-order chi connectivity index (χ0) is 11.7. The molecule has 0 saturated carbocycles. The lowest BCUT2D eigenvalue weighted by molar-refractivity contribution is 0.596. The molecular weight excluding hydrogens is 346 g/mol. The molecule has 0 aliphatic heterocycles. The first-order valence-electron chi connectivity index (χ1n) is 3.91. The maximum absolute atomic E-state index is 11.9. The van der Waals surface area contributed by atoms with Crippen molar-refractivity contribution in [3.63, 3.8) is 0 Å². The summed E-state index contributed by atoms with van der Waals surface area (Å²) in [6.45, 7) is 1.79. The number of aryl methyl sites for hydroxylation is 1. The smallest absolute Gasteiger partial charge is 0.220 e. The fourth-order valence-electron chi connectivity index (χ4n) is 0.991. The van der Waals surface area contributed by atoms with Gasteiger partial charge in [-0.3, -0.25) is 0 Å². The zero-order valence-corrected chi connectivity index (χ0v) is 11.7. The monoisotopic (exact) mass is 351 g/mol. The minimum Gasteiger partial charge on any atom is -0.220 e. The van der Waals surface area contributed by atoms with Gasteiger partial charge in [0, 0.05) is 0 Å². The van der Waals surface area contributed by atoms with Crippen LogP contribution in [-0.2, 0) is 9.84 Å². The van der Waals surface area contributed by atoms with Crippen molar-refractivity contribution in [1.82, 2.24) is 0 Å². The number of rotatable bonds is 2. The summed E-state index contributed by atoms with van der Waals surface area (Å²) in [6.07, 6.45) is 0. The van der Waals surface area contributed by atoms with Crippen molar-refractivity contribution in [1.29, 1.82) is 5.26 Å². The second-order valence-corrected chi connectivity index (χ2v) is 9.53. The second-order valence-electron chi connectivity index (χ2n) is 2.95. The van der Waals surface area contributed by atoms with E-state index in [-0.39, 0.29) is 4.90 Å². The highest BCUT2D eigenvalue weighted by Crippen LogP contribution is 2.36. The molecule has 0 fully saturated rings. The second kappa shape index (κ2) is 4.24. The lowest BCUT2D eigenvalue weighted by Gasteiger charge is -2.12. The molecule has 15 heavy (non-hydrogen) atoms. The lowest BCUT2D eigenvalue weighted by atomic mass is 10.2. The van der Waals surface area contributed by atoms with Crippen molar-refractivity contribution in [2.24, 2.45) is 0 Å². The van der Waals surface area contributed by atoms with Gasteiger partial charge in [0.25, 0.3) is 2.57 Å². The van der Waals surface area contributed by atoms with Crippen molar-refractivity contribution in [3.05, 3.63) is 29.8 Å². The van der Waals surface area contributed by atoms with E-state index in [1.807, 2.05) is 0 Å². The number of hydrogen-bond acceptors (Lipinski definition) is 3. The Morgan fingerprint density at radius 2 is 2.00 bits per heavy atom. The van der Waals surface area contributed by atoms with Crippen LogP contribution in [0.25, 0.3) is 0 Å². The van der Waals surface area contributed by atoms with Crippen LogP contribution in [0.4, 0.5) is 0 Å². The molecule has 0 aromatic heterocycles. The van der Waals surface area contributed by atoms with Crippen molar-refractivity contribution in [2.45, 2.75) is 14.4 Å². The van der Waals surface area contributed by atoms with E-state index in [0.717, 1.165) is 5.56 Å². The standard InChI is InChI=1S/C9H7Br2NO2S/c1-7-3-2-4-8(5-7)15(13,14)9(10,11)6-12/h2-5H,1H3. The summed E-state index contributed by atoms with van der Waals surface area (Å²) >= 11 is 5.66. The van der Waals surface area contributed by atoms with E-state index >= 15 is 0 Å². The first-order chi connectivity index (χ1) is 6.81. The van der Waals surface area contributed by atoms with E-state index in [4.69, 9.17) is 5.26 Å². The minimum absolute atomic E-state index is 0.109. The highest BCUT2D eigenvalue weighted by Gasteiger charge is 2.40. The van der Waals surface area contributed by atoms with E-state index in [2.05, 4.69) is 31.9 Å². The molecule has 0 heterocycles. The number of nitrogens with zero attached hydrogens (tertiary/aromatic N) is 1. The molecule has 1 aromatic carbocycles. The Kier molecular flexibility index (Phi) is 3.59. The highest BCUT2D eigenvalue weighted by molar-refractivity contribution is 9.28. The largest absolute Gasteiger partial charge is 0.270 e. The van der Waals surface area contributed by atoms with Gasteiger partial charge >= 0.3 is 0 Å². The Morgan fingerprint density at radius 1 is 1.40 bits per heavy atom. The van der Waals surface area contributed by atoms with Crippen molar-refractivity contribution >= 4 is 41.7 Å². The van der Waals surface area contributed by atoms with E-state index in [1.165, 1.54) is 12.1 Å². The lowest BCUT2D eigenvalue weighted by Crippen LogP contribution is -2.23. The molecule has 0 spiro atoms. The molecule has 0 saturated heterocycles. The molecule has 0 radical (unpaired) electrons. The Balaban J connectivity index is 3.38. The molecule has 1 aromatic rings. The maximum Gasteiger partial charge on any atom is 0.270 e. The number of halogens is 2. The first-order valence-corrected chi connectivity index (χ1v) is 6.98. The third-order valence-electron chi connectivity index (χ3n) is 1.77. The van der Waals surface area contributed by atoms with Gasteiger partial charge in [-0.15, -0.1) is 0 Å². The molecule has 1 rings (SSSR count). The fraction of sp³-hybridized carbons (Fsp3) is 0.222. The Hall–Kier alpha value is -0.380. The molecule has 0 atom stereocenters. The van der Waals surface area contributed by atoms with Gasteiger partial charge in [-0.2, -0.15) is 5.26 Å². The average molecular weight is 353 g/mol. The summed E-state index contributed by atoms with van der Waals surface area (Å²) in [7, 11) is -3.74. The summed E-state index contributed by atoms with van der Waals surface area (Å²) in [5, 5.41) is 8.74. The molecule has 0 unspecified atom stereocenters. The average Bonchev–Trinajstić information content (AvgIpc) is 2.17. The quantitative estimate of drug-likeness (QED) is 0.769. The summed E-state index contributed by atoms with van der Waals surface area (Å²) in [5.74, 6) is 0. The van der Waals surface area contributed by atoms with Crippen LogP contribution in [0.3, 0.4) is 0 Å². The zero-order valence-electron chi connectivity index (χ0n) is 7.74. The Labute approximate surface area is 105 Å². The molecule has 0 N–H and O–H groups in total. The molecular formula is C9H7Br2NO2S. The van der Waals surface area contributed by atoms with Crippen LogP contribution in [0.2, 0.25) is 0 Å². The molecule has 0 amide bonds. The summed E-state index contributed by atoms with van der Waals surface area (Å²) in [4.78, 5) is 0.109. The van der Waals surface area contributed by atoms with Crippen LogP contribution in [-0.4, -0.2) is 11.0 Å². The van der Waals surface area contributed by atoms with Crippen LogP contribution in [0.1, 0.15) is 5.56 Å². The van der Waals surface area contributed by atoms with Gasteiger partial charge in [0.15, 0.2) is 0 Å². The van der Waals surface area contributed by atoms with Gasteiger partial charge in [0.05, 0.1) is 4.90 Å². The number of nitriles is 1. The normalized spacial score (nSPS) is 12.1. The Bertz CT molecular complexity index is 517. The topological polar surface area (TPSA) is 57.9 Å². The van der Waals surface area contributed by atoms with Crippen molar-refractivity contribution < 1.29 is 8.42 Å². The van der Waals surface area contributed by atoms with Crippen molar-refractivity contribution in [3.8, 4) is 6.07 Å². The number of sulfone groups is 1. The van der Waals surface area contributed by atoms with E-state index in [9.17, 15) is 8.42 Å². The highest BCUT2D eigenvalue weighted by atomic mass is 79.9. The SMILES string of the molecule is Cc1cccc(S(=O)(=O)C(Br)(Br)C#N)c1. The number of benzene rings is 1. The fourth-order valence-corrected chi connectivity index (χ4v) is 3.13. The predicted molar refractivity (Wildman–Crippen MR) is 64.6 cm³/mol.